The monoisotopic (exact) mass is 305 g/mol. The standard InChI is InChI=1S/C14H19N5O3/c1-14(2)21-10-7(5-20)3-9(11(10)22-14)19-13-8(4-18-19)12(15)16-6-17-13/h4,6-7,9-11,20H,3,5H2,1-2H3,(H2,15,16,17)/t7-,9-,10-,11+/m1/s1. The lowest BCUT2D eigenvalue weighted by Crippen LogP contribution is -2.28. The predicted octanol–water partition coefficient (Wildman–Crippen LogP) is 0.482. The van der Waals surface area contributed by atoms with Crippen LogP contribution < -0.4 is 5.73 Å². The van der Waals surface area contributed by atoms with Crippen molar-refractivity contribution in [3.05, 3.63) is 12.5 Å². The van der Waals surface area contributed by atoms with Crippen molar-refractivity contribution in [2.45, 2.75) is 44.3 Å². The Balaban J connectivity index is 1.77. The van der Waals surface area contributed by atoms with Crippen LogP contribution in [0, 0.1) is 5.92 Å². The number of fused-ring (bicyclic) bond motifs is 2. The van der Waals surface area contributed by atoms with Gasteiger partial charge in [0.1, 0.15) is 18.2 Å². The molecule has 8 heteroatoms. The number of hydrogen-bond acceptors (Lipinski definition) is 7. The fourth-order valence-electron chi connectivity index (χ4n) is 3.60. The first-order valence-electron chi connectivity index (χ1n) is 7.40. The Morgan fingerprint density at radius 3 is 2.91 bits per heavy atom. The average Bonchev–Trinajstić information content (AvgIpc) is 3.10. The van der Waals surface area contributed by atoms with Crippen LogP contribution in [0.25, 0.3) is 11.0 Å². The quantitative estimate of drug-likeness (QED) is 0.830. The van der Waals surface area contributed by atoms with Gasteiger partial charge in [-0.25, -0.2) is 14.6 Å². The summed E-state index contributed by atoms with van der Waals surface area (Å²) in [7, 11) is 0. The lowest BCUT2D eigenvalue weighted by molar-refractivity contribution is -0.162. The van der Waals surface area contributed by atoms with E-state index in [1.54, 1.807) is 6.20 Å². The van der Waals surface area contributed by atoms with Crippen LogP contribution in [-0.4, -0.2) is 49.5 Å². The van der Waals surface area contributed by atoms with Gasteiger partial charge in [-0.05, 0) is 20.3 Å². The Morgan fingerprint density at radius 2 is 2.14 bits per heavy atom. The maximum atomic E-state index is 9.65. The number of ether oxygens (including phenoxy) is 2. The van der Waals surface area contributed by atoms with E-state index in [9.17, 15) is 5.11 Å². The second-order valence-electron chi connectivity index (χ2n) is 6.40. The second-order valence-corrected chi connectivity index (χ2v) is 6.40. The summed E-state index contributed by atoms with van der Waals surface area (Å²) >= 11 is 0. The first-order valence-corrected chi connectivity index (χ1v) is 7.40. The van der Waals surface area contributed by atoms with E-state index in [-0.39, 0.29) is 30.8 Å². The fraction of sp³-hybridized carbons (Fsp3) is 0.643. The summed E-state index contributed by atoms with van der Waals surface area (Å²) in [4.78, 5) is 8.28. The number of rotatable bonds is 2. The van der Waals surface area contributed by atoms with Crippen molar-refractivity contribution in [2.24, 2.45) is 5.92 Å². The highest BCUT2D eigenvalue weighted by Gasteiger charge is 2.54. The van der Waals surface area contributed by atoms with Crippen LogP contribution in [-0.2, 0) is 9.47 Å². The van der Waals surface area contributed by atoms with Gasteiger partial charge in [-0.15, -0.1) is 0 Å². The highest BCUT2D eigenvalue weighted by molar-refractivity contribution is 5.84. The molecule has 1 saturated carbocycles. The number of nitrogens with two attached hydrogens (primary N) is 1. The smallest absolute Gasteiger partial charge is 0.163 e. The van der Waals surface area contributed by atoms with Gasteiger partial charge in [0.05, 0.1) is 23.7 Å². The van der Waals surface area contributed by atoms with E-state index in [4.69, 9.17) is 15.2 Å². The minimum atomic E-state index is -0.654. The van der Waals surface area contributed by atoms with Gasteiger partial charge in [0.2, 0.25) is 0 Å². The van der Waals surface area contributed by atoms with Crippen LogP contribution in [0.4, 0.5) is 5.82 Å². The average molecular weight is 305 g/mol. The maximum absolute atomic E-state index is 9.65. The molecule has 3 heterocycles. The molecular formula is C14H19N5O3. The van der Waals surface area contributed by atoms with Crippen molar-refractivity contribution in [2.75, 3.05) is 12.3 Å². The first kappa shape index (κ1) is 13.9. The predicted molar refractivity (Wildman–Crippen MR) is 77.8 cm³/mol. The largest absolute Gasteiger partial charge is 0.396 e. The minimum Gasteiger partial charge on any atom is -0.396 e. The third-order valence-electron chi connectivity index (χ3n) is 4.52. The van der Waals surface area contributed by atoms with E-state index in [2.05, 4.69) is 15.1 Å². The van der Waals surface area contributed by atoms with E-state index in [0.29, 0.717) is 11.5 Å². The summed E-state index contributed by atoms with van der Waals surface area (Å²) in [6, 6.07) is -0.0456. The molecule has 0 radical (unpaired) electrons. The molecule has 4 atom stereocenters. The molecule has 2 aromatic heterocycles. The van der Waals surface area contributed by atoms with Gasteiger partial charge in [-0.3, -0.25) is 0 Å². The highest BCUT2D eigenvalue weighted by atomic mass is 16.8. The molecule has 2 aromatic rings. The topological polar surface area (TPSA) is 108 Å². The molecule has 0 spiro atoms. The summed E-state index contributed by atoms with van der Waals surface area (Å²) in [5.41, 5.74) is 6.55. The SMILES string of the molecule is CC1(C)O[C@@H]2[C@@H](CO)C[C@@H](n3ncc4c(N)ncnc43)[C@@H]2O1. The van der Waals surface area contributed by atoms with E-state index in [1.165, 1.54) is 6.33 Å². The Morgan fingerprint density at radius 1 is 1.36 bits per heavy atom. The van der Waals surface area contributed by atoms with Gasteiger partial charge in [0.25, 0.3) is 0 Å². The zero-order chi connectivity index (χ0) is 15.5. The number of nitrogen functional groups attached to an aromatic ring is 1. The fourth-order valence-corrected chi connectivity index (χ4v) is 3.60. The van der Waals surface area contributed by atoms with Gasteiger partial charge in [0, 0.05) is 12.5 Å². The minimum absolute atomic E-state index is 0.0233. The Labute approximate surface area is 127 Å². The van der Waals surface area contributed by atoms with Crippen molar-refractivity contribution >= 4 is 16.9 Å². The molecule has 4 rings (SSSR count). The van der Waals surface area contributed by atoms with Crippen molar-refractivity contribution < 1.29 is 14.6 Å². The first-order chi connectivity index (χ1) is 10.5. The van der Waals surface area contributed by atoms with Crippen LogP contribution in [0.2, 0.25) is 0 Å². The van der Waals surface area contributed by atoms with Crippen LogP contribution in [0.5, 0.6) is 0 Å². The lowest BCUT2D eigenvalue weighted by atomic mass is 10.1. The molecule has 22 heavy (non-hydrogen) atoms. The summed E-state index contributed by atoms with van der Waals surface area (Å²) < 4.78 is 13.8. The number of aliphatic hydroxyl groups excluding tert-OH is 1. The molecule has 1 aliphatic carbocycles. The van der Waals surface area contributed by atoms with Crippen molar-refractivity contribution in [3.8, 4) is 0 Å². The third kappa shape index (κ3) is 1.91. The zero-order valence-corrected chi connectivity index (χ0v) is 12.5. The van der Waals surface area contributed by atoms with E-state index < -0.39 is 5.79 Å². The normalized spacial score (nSPS) is 33.4. The molecule has 0 aromatic carbocycles. The van der Waals surface area contributed by atoms with Gasteiger partial charge >= 0.3 is 0 Å². The molecule has 2 fully saturated rings. The second kappa shape index (κ2) is 4.61. The molecule has 0 bridgehead atoms. The summed E-state index contributed by atoms with van der Waals surface area (Å²) in [5, 5.41) is 14.8. The molecule has 1 aliphatic heterocycles. The summed E-state index contributed by atoms with van der Waals surface area (Å²) in [6.45, 7) is 3.84. The Kier molecular flexibility index (Phi) is 2.91. The van der Waals surface area contributed by atoms with Crippen molar-refractivity contribution in [1.82, 2.24) is 19.7 Å². The van der Waals surface area contributed by atoms with E-state index in [1.807, 2.05) is 18.5 Å². The van der Waals surface area contributed by atoms with Gasteiger partial charge in [-0.2, -0.15) is 5.10 Å². The molecule has 0 amide bonds. The lowest BCUT2D eigenvalue weighted by Gasteiger charge is -2.23. The molecule has 8 nitrogen and oxygen atoms in total. The molecule has 118 valence electrons. The maximum Gasteiger partial charge on any atom is 0.163 e. The third-order valence-corrected chi connectivity index (χ3v) is 4.52. The van der Waals surface area contributed by atoms with E-state index in [0.717, 1.165) is 11.8 Å². The van der Waals surface area contributed by atoms with Crippen LogP contribution >= 0.6 is 0 Å². The molecule has 0 unspecified atom stereocenters. The molecule has 3 N–H and O–H groups in total. The van der Waals surface area contributed by atoms with Crippen molar-refractivity contribution in [3.63, 3.8) is 0 Å². The van der Waals surface area contributed by atoms with Crippen LogP contribution in [0.3, 0.4) is 0 Å². The van der Waals surface area contributed by atoms with Gasteiger partial charge in [0.15, 0.2) is 11.4 Å². The molecular weight excluding hydrogens is 286 g/mol. The number of aliphatic hydroxyl groups is 1. The number of nitrogens with zero attached hydrogens (tertiary/aromatic N) is 4. The zero-order valence-electron chi connectivity index (χ0n) is 12.5. The number of aromatic nitrogens is 4. The highest BCUT2D eigenvalue weighted by Crippen LogP contribution is 2.47. The Bertz CT molecular complexity index is 716. The molecule has 1 saturated heterocycles. The number of hydrogen-bond donors (Lipinski definition) is 2. The van der Waals surface area contributed by atoms with Crippen LogP contribution in [0.1, 0.15) is 26.3 Å². The Hall–Kier alpha value is -1.77. The van der Waals surface area contributed by atoms with Gasteiger partial charge in [-0.1, -0.05) is 0 Å². The summed E-state index contributed by atoms with van der Waals surface area (Å²) in [6.07, 6.45) is 3.53. The van der Waals surface area contributed by atoms with Crippen LogP contribution in [0.15, 0.2) is 12.5 Å². The van der Waals surface area contributed by atoms with Crippen molar-refractivity contribution in [1.29, 1.82) is 0 Å². The molecule has 2 aliphatic rings. The van der Waals surface area contributed by atoms with Gasteiger partial charge < -0.3 is 20.3 Å². The van der Waals surface area contributed by atoms with E-state index >= 15 is 0 Å². The summed E-state index contributed by atoms with van der Waals surface area (Å²) in [5.74, 6) is -0.220. The number of anilines is 1.